The minimum Gasteiger partial charge on any atom is -0.395 e. The second kappa shape index (κ2) is 6.21. The first kappa shape index (κ1) is 14.0. The van der Waals surface area contributed by atoms with Crippen molar-refractivity contribution in [2.24, 2.45) is 5.84 Å². The number of piperazine rings is 1. The van der Waals surface area contributed by atoms with Crippen LogP contribution in [0.3, 0.4) is 0 Å². The van der Waals surface area contributed by atoms with Gasteiger partial charge in [0.1, 0.15) is 5.82 Å². The highest BCUT2D eigenvalue weighted by Gasteiger charge is 2.20. The number of aliphatic hydroxyl groups excluding tert-OH is 1. The monoisotopic (exact) mass is 288 g/mol. The molecule has 1 aliphatic rings. The number of aliphatic hydroxyl groups is 1. The van der Waals surface area contributed by atoms with Crippen LogP contribution in [0.4, 0.5) is 11.8 Å². The van der Waals surface area contributed by atoms with Gasteiger partial charge in [-0.3, -0.25) is 10.3 Å². The fourth-order valence-corrected chi connectivity index (χ4v) is 2.69. The molecular formula is C14H20N6O. The van der Waals surface area contributed by atoms with E-state index in [1.807, 2.05) is 24.3 Å². The van der Waals surface area contributed by atoms with Gasteiger partial charge in [-0.15, -0.1) is 0 Å². The lowest BCUT2D eigenvalue weighted by Crippen LogP contribution is -2.47. The number of nitrogens with two attached hydrogens (primary N) is 1. The van der Waals surface area contributed by atoms with Crippen molar-refractivity contribution in [1.82, 2.24) is 14.9 Å². The van der Waals surface area contributed by atoms with Gasteiger partial charge in [0.05, 0.1) is 12.1 Å². The standard InChI is InChI=1S/C14H20N6O/c15-18-14-16-12-4-2-1-3-11(12)13(17-14)20-7-5-19(6-8-20)9-10-21/h1-4,21H,5-10,15H2,(H,16,17,18). The van der Waals surface area contributed by atoms with Crippen LogP contribution in [-0.4, -0.2) is 59.3 Å². The molecule has 4 N–H and O–H groups in total. The lowest BCUT2D eigenvalue weighted by Gasteiger charge is -2.35. The molecule has 2 heterocycles. The summed E-state index contributed by atoms with van der Waals surface area (Å²) in [5.41, 5.74) is 3.42. The van der Waals surface area contributed by atoms with Crippen LogP contribution in [0, 0.1) is 0 Å². The SMILES string of the molecule is NNc1nc(N2CCN(CCO)CC2)c2ccccc2n1. The largest absolute Gasteiger partial charge is 0.395 e. The Morgan fingerprint density at radius 3 is 2.62 bits per heavy atom. The van der Waals surface area contributed by atoms with Crippen molar-refractivity contribution in [2.75, 3.05) is 49.7 Å². The molecule has 0 spiro atoms. The van der Waals surface area contributed by atoms with Crippen molar-refractivity contribution in [3.8, 4) is 0 Å². The Morgan fingerprint density at radius 1 is 1.14 bits per heavy atom. The minimum atomic E-state index is 0.206. The van der Waals surface area contributed by atoms with E-state index in [9.17, 15) is 0 Å². The Labute approximate surface area is 123 Å². The first-order valence-electron chi connectivity index (χ1n) is 7.13. The third-order valence-electron chi connectivity index (χ3n) is 3.80. The number of hydrogen-bond acceptors (Lipinski definition) is 7. The summed E-state index contributed by atoms with van der Waals surface area (Å²) in [6.07, 6.45) is 0. The van der Waals surface area contributed by atoms with Gasteiger partial charge < -0.3 is 10.0 Å². The fourth-order valence-electron chi connectivity index (χ4n) is 2.69. The van der Waals surface area contributed by atoms with Crippen molar-refractivity contribution in [1.29, 1.82) is 0 Å². The van der Waals surface area contributed by atoms with E-state index in [1.54, 1.807) is 0 Å². The molecule has 0 aliphatic carbocycles. The maximum absolute atomic E-state index is 9.01. The molecule has 7 nitrogen and oxygen atoms in total. The summed E-state index contributed by atoms with van der Waals surface area (Å²) in [6, 6.07) is 7.94. The highest BCUT2D eigenvalue weighted by atomic mass is 16.3. The zero-order valence-electron chi connectivity index (χ0n) is 11.9. The van der Waals surface area contributed by atoms with Crippen molar-refractivity contribution in [3.63, 3.8) is 0 Å². The Hall–Kier alpha value is -1.96. The lowest BCUT2D eigenvalue weighted by atomic mass is 10.2. The molecule has 7 heteroatoms. The van der Waals surface area contributed by atoms with Gasteiger partial charge in [-0.25, -0.2) is 10.8 Å². The lowest BCUT2D eigenvalue weighted by molar-refractivity contribution is 0.188. The number of aromatic nitrogens is 2. The van der Waals surface area contributed by atoms with Crippen LogP contribution < -0.4 is 16.2 Å². The second-order valence-electron chi connectivity index (χ2n) is 5.08. The van der Waals surface area contributed by atoms with E-state index in [4.69, 9.17) is 10.9 Å². The Balaban J connectivity index is 1.89. The molecule has 1 aliphatic heterocycles. The van der Waals surface area contributed by atoms with Crippen LogP contribution in [0.25, 0.3) is 10.9 Å². The van der Waals surface area contributed by atoms with E-state index >= 15 is 0 Å². The Bertz CT molecular complexity index is 611. The van der Waals surface area contributed by atoms with Gasteiger partial charge in [-0.2, -0.15) is 4.98 Å². The number of para-hydroxylation sites is 1. The summed E-state index contributed by atoms with van der Waals surface area (Å²) in [5.74, 6) is 6.82. The molecule has 0 radical (unpaired) electrons. The molecule has 0 amide bonds. The predicted octanol–water partition coefficient (Wildman–Crippen LogP) is 0.0297. The average molecular weight is 288 g/mol. The molecule has 112 valence electrons. The van der Waals surface area contributed by atoms with E-state index in [0.717, 1.165) is 49.4 Å². The molecule has 3 rings (SSSR count). The number of benzene rings is 1. The topological polar surface area (TPSA) is 90.5 Å². The molecule has 1 aromatic heterocycles. The maximum Gasteiger partial charge on any atom is 0.239 e. The minimum absolute atomic E-state index is 0.206. The van der Waals surface area contributed by atoms with E-state index in [0.29, 0.717) is 5.95 Å². The molecule has 0 bridgehead atoms. The number of β-amino-alcohol motifs (C(OH)–C–C–N with tert-alkyl or cyclic N) is 1. The number of fused-ring (bicyclic) bond motifs is 1. The van der Waals surface area contributed by atoms with Crippen LogP contribution in [-0.2, 0) is 0 Å². The normalized spacial score (nSPS) is 16.4. The Morgan fingerprint density at radius 2 is 1.90 bits per heavy atom. The van der Waals surface area contributed by atoms with Crippen LogP contribution in [0.5, 0.6) is 0 Å². The summed E-state index contributed by atoms with van der Waals surface area (Å²) < 4.78 is 0. The summed E-state index contributed by atoms with van der Waals surface area (Å²) in [6.45, 7) is 4.54. The number of rotatable bonds is 4. The van der Waals surface area contributed by atoms with E-state index in [1.165, 1.54) is 0 Å². The summed E-state index contributed by atoms with van der Waals surface area (Å²) in [4.78, 5) is 13.4. The van der Waals surface area contributed by atoms with E-state index < -0.39 is 0 Å². The van der Waals surface area contributed by atoms with Gasteiger partial charge in [0.15, 0.2) is 0 Å². The predicted molar refractivity (Wildman–Crippen MR) is 83.1 cm³/mol. The zero-order chi connectivity index (χ0) is 14.7. The van der Waals surface area contributed by atoms with Gasteiger partial charge >= 0.3 is 0 Å². The van der Waals surface area contributed by atoms with E-state index in [-0.39, 0.29) is 6.61 Å². The molecule has 0 saturated carbocycles. The fraction of sp³-hybridized carbons (Fsp3) is 0.429. The number of nitrogen functional groups attached to an aromatic ring is 1. The van der Waals surface area contributed by atoms with Crippen LogP contribution >= 0.6 is 0 Å². The van der Waals surface area contributed by atoms with Gasteiger partial charge in [-0.05, 0) is 12.1 Å². The zero-order valence-corrected chi connectivity index (χ0v) is 11.9. The summed E-state index contributed by atoms with van der Waals surface area (Å²) in [5, 5.41) is 10.0. The smallest absolute Gasteiger partial charge is 0.239 e. The van der Waals surface area contributed by atoms with Gasteiger partial charge in [-0.1, -0.05) is 12.1 Å². The molecule has 0 atom stereocenters. The number of nitrogens with zero attached hydrogens (tertiary/aromatic N) is 4. The number of hydrazine groups is 1. The number of nitrogens with one attached hydrogen (secondary N) is 1. The molecule has 1 aromatic carbocycles. The van der Waals surface area contributed by atoms with Gasteiger partial charge in [0, 0.05) is 38.1 Å². The van der Waals surface area contributed by atoms with Crippen molar-refractivity contribution in [3.05, 3.63) is 24.3 Å². The Kier molecular flexibility index (Phi) is 4.14. The van der Waals surface area contributed by atoms with Crippen molar-refractivity contribution in [2.45, 2.75) is 0 Å². The summed E-state index contributed by atoms with van der Waals surface area (Å²) >= 11 is 0. The van der Waals surface area contributed by atoms with Crippen molar-refractivity contribution >= 4 is 22.7 Å². The summed E-state index contributed by atoms with van der Waals surface area (Å²) in [7, 11) is 0. The molecule has 2 aromatic rings. The third kappa shape index (κ3) is 2.90. The number of hydrogen-bond donors (Lipinski definition) is 3. The quantitative estimate of drug-likeness (QED) is 0.540. The van der Waals surface area contributed by atoms with Crippen LogP contribution in [0.15, 0.2) is 24.3 Å². The highest BCUT2D eigenvalue weighted by Crippen LogP contribution is 2.25. The average Bonchev–Trinajstić information content (AvgIpc) is 2.55. The third-order valence-corrected chi connectivity index (χ3v) is 3.80. The number of anilines is 2. The van der Waals surface area contributed by atoms with Crippen LogP contribution in [0.1, 0.15) is 0 Å². The highest BCUT2D eigenvalue weighted by molar-refractivity contribution is 5.90. The molecule has 1 fully saturated rings. The molecule has 0 unspecified atom stereocenters. The van der Waals surface area contributed by atoms with Gasteiger partial charge in [0.2, 0.25) is 5.95 Å². The van der Waals surface area contributed by atoms with Crippen LogP contribution in [0.2, 0.25) is 0 Å². The van der Waals surface area contributed by atoms with Crippen molar-refractivity contribution < 1.29 is 5.11 Å². The van der Waals surface area contributed by atoms with E-state index in [2.05, 4.69) is 25.2 Å². The molecule has 21 heavy (non-hydrogen) atoms. The maximum atomic E-state index is 9.01. The second-order valence-corrected chi connectivity index (χ2v) is 5.08. The van der Waals surface area contributed by atoms with Gasteiger partial charge in [0.25, 0.3) is 0 Å². The first-order chi connectivity index (χ1) is 10.3. The molecular weight excluding hydrogens is 268 g/mol. The molecule has 1 saturated heterocycles. The first-order valence-corrected chi connectivity index (χ1v) is 7.13.